The fourth-order valence-electron chi connectivity index (χ4n) is 3.64. The van der Waals surface area contributed by atoms with Gasteiger partial charge in [0.05, 0.1) is 12.0 Å². The van der Waals surface area contributed by atoms with Gasteiger partial charge in [-0.05, 0) is 18.9 Å². The van der Waals surface area contributed by atoms with Crippen molar-refractivity contribution in [3.05, 3.63) is 42.1 Å². The summed E-state index contributed by atoms with van der Waals surface area (Å²) in [6, 6.07) is 11.1. The number of rotatable bonds is 7. The van der Waals surface area contributed by atoms with E-state index < -0.39 is 11.9 Å². The highest BCUT2D eigenvalue weighted by molar-refractivity contribution is 5.93. The van der Waals surface area contributed by atoms with Crippen LogP contribution in [0, 0.1) is 0 Å². The number of anilines is 1. The Morgan fingerprint density at radius 1 is 1.21 bits per heavy atom. The molecule has 1 atom stereocenters. The van der Waals surface area contributed by atoms with Gasteiger partial charge in [-0.15, -0.1) is 0 Å². The Labute approximate surface area is 167 Å². The number of benzene rings is 1. The van der Waals surface area contributed by atoms with Gasteiger partial charge in [0, 0.05) is 17.8 Å². The first-order valence-corrected chi connectivity index (χ1v) is 9.40. The molecule has 0 saturated carbocycles. The van der Waals surface area contributed by atoms with Crippen molar-refractivity contribution in [2.24, 2.45) is 11.5 Å². The molecule has 1 aromatic carbocycles. The summed E-state index contributed by atoms with van der Waals surface area (Å²) in [6.07, 6.45) is 1.55. The molecule has 1 saturated heterocycles. The maximum Gasteiger partial charge on any atom is 0.243 e. The van der Waals surface area contributed by atoms with Crippen LogP contribution in [0.2, 0.25) is 0 Å². The first kappa shape index (κ1) is 18.9. The van der Waals surface area contributed by atoms with Crippen molar-refractivity contribution in [2.45, 2.75) is 25.5 Å². The number of hydrogen-bond donors (Lipinski definition) is 3. The summed E-state index contributed by atoms with van der Waals surface area (Å²) >= 11 is 0. The van der Waals surface area contributed by atoms with E-state index in [1.165, 1.54) is 0 Å². The molecular formula is C20H22N6O3. The van der Waals surface area contributed by atoms with Gasteiger partial charge in [0.2, 0.25) is 11.8 Å². The molecule has 1 aliphatic rings. The van der Waals surface area contributed by atoms with Gasteiger partial charge < -0.3 is 26.1 Å². The normalized spacial score (nSPS) is 16.4. The van der Waals surface area contributed by atoms with Gasteiger partial charge in [-0.3, -0.25) is 9.59 Å². The number of hydrogen-bond acceptors (Lipinski definition) is 6. The van der Waals surface area contributed by atoms with Crippen molar-refractivity contribution < 1.29 is 14.3 Å². The number of fused-ring (bicyclic) bond motifs is 1. The van der Waals surface area contributed by atoms with Gasteiger partial charge in [-0.25, -0.2) is 9.97 Å². The second kappa shape index (κ2) is 7.88. The molecule has 1 fully saturated rings. The van der Waals surface area contributed by atoms with Gasteiger partial charge in [-0.2, -0.15) is 0 Å². The highest BCUT2D eigenvalue weighted by atomic mass is 16.5. The van der Waals surface area contributed by atoms with E-state index in [4.69, 9.17) is 21.2 Å². The zero-order valence-electron chi connectivity index (χ0n) is 15.8. The highest BCUT2D eigenvalue weighted by Gasteiger charge is 2.32. The average Bonchev–Trinajstić information content (AvgIpc) is 3.34. The lowest BCUT2D eigenvalue weighted by molar-refractivity contribution is -0.123. The molecule has 150 valence electrons. The minimum absolute atomic E-state index is 0.168. The van der Waals surface area contributed by atoms with Crippen molar-refractivity contribution in [3.8, 4) is 11.4 Å². The molecule has 3 heterocycles. The number of ether oxygens (including phenoxy) is 1. The smallest absolute Gasteiger partial charge is 0.243 e. The molecular weight excluding hydrogens is 372 g/mol. The van der Waals surface area contributed by atoms with Gasteiger partial charge in [0.25, 0.3) is 0 Å². The monoisotopic (exact) mass is 394 g/mol. The summed E-state index contributed by atoms with van der Waals surface area (Å²) in [5.41, 5.74) is 13.0. The van der Waals surface area contributed by atoms with E-state index >= 15 is 0 Å². The maximum atomic E-state index is 12.0. The molecule has 5 N–H and O–H groups in total. The van der Waals surface area contributed by atoms with E-state index in [9.17, 15) is 9.59 Å². The molecule has 9 heteroatoms. The number of aromatic amines is 1. The molecule has 2 aromatic heterocycles. The molecule has 0 aliphatic carbocycles. The Morgan fingerprint density at radius 2 is 2.00 bits per heavy atom. The number of primary amides is 2. The Hall–Kier alpha value is -3.46. The van der Waals surface area contributed by atoms with E-state index in [0.717, 1.165) is 23.1 Å². The van der Waals surface area contributed by atoms with Crippen LogP contribution in [0.5, 0.6) is 0 Å². The standard InChI is InChI=1S/C20H22N6O3/c21-16(27)11-29-10-13-9-14-19(23-13)24-18(12-5-2-1-3-6-12)25-20(14)26-8-4-7-15(26)17(22)28/h1-3,5-6,9,15H,4,7-8,10-11H2,(H2,21,27)(H2,22,28)(H,23,24,25)/t15-/m0/s1. The van der Waals surface area contributed by atoms with Crippen molar-refractivity contribution in [3.63, 3.8) is 0 Å². The summed E-state index contributed by atoms with van der Waals surface area (Å²) in [5, 5.41) is 0.774. The molecule has 0 spiro atoms. The molecule has 0 radical (unpaired) electrons. The Bertz CT molecular complexity index is 1050. The molecule has 1 aliphatic heterocycles. The van der Waals surface area contributed by atoms with E-state index in [0.29, 0.717) is 30.3 Å². The minimum atomic E-state index is -0.533. The van der Waals surface area contributed by atoms with Crippen molar-refractivity contribution in [1.29, 1.82) is 0 Å². The first-order chi connectivity index (χ1) is 14.0. The third kappa shape index (κ3) is 3.90. The zero-order chi connectivity index (χ0) is 20.4. The second-order valence-corrected chi connectivity index (χ2v) is 7.01. The third-order valence-corrected chi connectivity index (χ3v) is 4.91. The fourth-order valence-corrected chi connectivity index (χ4v) is 3.64. The Kier molecular flexibility index (Phi) is 5.13. The van der Waals surface area contributed by atoms with Crippen molar-refractivity contribution in [1.82, 2.24) is 15.0 Å². The van der Waals surface area contributed by atoms with Gasteiger partial charge in [0.1, 0.15) is 24.1 Å². The van der Waals surface area contributed by atoms with Crippen LogP contribution in [0.1, 0.15) is 18.5 Å². The number of carbonyl (C=O) groups excluding carboxylic acids is 2. The van der Waals surface area contributed by atoms with Crippen LogP contribution in [-0.2, 0) is 20.9 Å². The maximum absolute atomic E-state index is 12.0. The molecule has 4 rings (SSSR count). The summed E-state index contributed by atoms with van der Waals surface area (Å²) in [7, 11) is 0. The van der Waals surface area contributed by atoms with Crippen molar-refractivity contribution in [2.75, 3.05) is 18.1 Å². The second-order valence-electron chi connectivity index (χ2n) is 7.01. The number of aromatic nitrogens is 3. The molecule has 0 bridgehead atoms. The van der Waals surface area contributed by atoms with Crippen LogP contribution in [0.4, 0.5) is 5.82 Å². The molecule has 3 aromatic rings. The number of nitrogens with one attached hydrogen (secondary N) is 1. The lowest BCUT2D eigenvalue weighted by atomic mass is 10.2. The van der Waals surface area contributed by atoms with Crippen LogP contribution in [0.25, 0.3) is 22.4 Å². The van der Waals surface area contributed by atoms with E-state index in [2.05, 4.69) is 9.97 Å². The fraction of sp³-hybridized carbons (Fsp3) is 0.300. The summed E-state index contributed by atoms with van der Waals surface area (Å²) in [6.45, 7) is 0.699. The number of amides is 2. The van der Waals surface area contributed by atoms with Gasteiger partial charge in [0.15, 0.2) is 5.82 Å². The average molecular weight is 394 g/mol. The predicted octanol–water partition coefficient (Wildman–Crippen LogP) is 1.08. The van der Waals surface area contributed by atoms with Crippen LogP contribution >= 0.6 is 0 Å². The SMILES string of the molecule is NC(=O)COCc1cc2c(N3CCC[C@H]3C(N)=O)nc(-c3ccccc3)nc2[nH]1. The lowest BCUT2D eigenvalue weighted by Gasteiger charge is -2.24. The summed E-state index contributed by atoms with van der Waals surface area (Å²) in [4.78, 5) is 37.5. The van der Waals surface area contributed by atoms with E-state index in [1.807, 2.05) is 41.3 Å². The topological polar surface area (TPSA) is 140 Å². The number of H-pyrrole nitrogens is 1. The first-order valence-electron chi connectivity index (χ1n) is 9.40. The van der Waals surface area contributed by atoms with Crippen LogP contribution < -0.4 is 16.4 Å². The number of nitrogens with zero attached hydrogens (tertiary/aromatic N) is 3. The quantitative estimate of drug-likeness (QED) is 0.548. The van der Waals surface area contributed by atoms with E-state index in [1.54, 1.807) is 0 Å². The van der Waals surface area contributed by atoms with Gasteiger partial charge >= 0.3 is 0 Å². The number of nitrogens with two attached hydrogens (primary N) is 2. The van der Waals surface area contributed by atoms with Crippen LogP contribution in [0.3, 0.4) is 0 Å². The summed E-state index contributed by atoms with van der Waals surface area (Å²) < 4.78 is 5.31. The minimum Gasteiger partial charge on any atom is -0.368 e. The third-order valence-electron chi connectivity index (χ3n) is 4.91. The van der Waals surface area contributed by atoms with Gasteiger partial charge in [-0.1, -0.05) is 30.3 Å². The number of carbonyl (C=O) groups is 2. The molecule has 2 amide bonds. The highest BCUT2D eigenvalue weighted by Crippen LogP contribution is 2.32. The summed E-state index contributed by atoms with van der Waals surface area (Å²) in [5.74, 6) is 0.313. The molecule has 0 unspecified atom stereocenters. The molecule has 29 heavy (non-hydrogen) atoms. The van der Waals surface area contributed by atoms with E-state index in [-0.39, 0.29) is 19.1 Å². The van der Waals surface area contributed by atoms with Crippen molar-refractivity contribution >= 4 is 28.7 Å². The zero-order valence-corrected chi connectivity index (χ0v) is 15.8. The molecule has 9 nitrogen and oxygen atoms in total. The Morgan fingerprint density at radius 3 is 2.72 bits per heavy atom. The van der Waals surface area contributed by atoms with Crippen LogP contribution in [-0.4, -0.2) is 46.0 Å². The lowest BCUT2D eigenvalue weighted by Crippen LogP contribution is -2.40. The largest absolute Gasteiger partial charge is 0.368 e. The predicted molar refractivity (Wildman–Crippen MR) is 108 cm³/mol. The van der Waals surface area contributed by atoms with Crippen LogP contribution in [0.15, 0.2) is 36.4 Å². The Balaban J connectivity index is 1.79.